The smallest absolute Gasteiger partial charge is 0.0719 e. The summed E-state index contributed by atoms with van der Waals surface area (Å²) >= 11 is 0. The molecule has 10 radical (unpaired) electrons. The van der Waals surface area contributed by atoms with Crippen molar-refractivity contribution in [1.29, 1.82) is 0 Å². The second kappa shape index (κ2) is 12.3. The number of aliphatic hydroxyl groups is 1. The zero-order chi connectivity index (χ0) is 18.5. The number of hydrogen-bond acceptors (Lipinski definition) is 1. The van der Waals surface area contributed by atoms with Crippen LogP contribution >= 0.6 is 0 Å². The van der Waals surface area contributed by atoms with Crippen LogP contribution in [0.2, 0.25) is 0 Å². The molecule has 1 nitrogen and oxygen atoms in total. The van der Waals surface area contributed by atoms with E-state index in [0.29, 0.717) is 0 Å². The molecule has 0 heterocycles. The summed E-state index contributed by atoms with van der Waals surface area (Å²) < 4.78 is 0. The van der Waals surface area contributed by atoms with Crippen LogP contribution in [0.5, 0.6) is 0 Å². The maximum Gasteiger partial charge on any atom is 0.0719 e. The number of aliphatic hydroxyl groups excluding tert-OH is 1. The summed E-state index contributed by atoms with van der Waals surface area (Å²) in [6.45, 7) is 24.9. The summed E-state index contributed by atoms with van der Waals surface area (Å²) in [5.74, 6) is 14.7. The molecule has 2 fully saturated rings. The molecule has 0 amide bonds. The monoisotopic (exact) mass is 466 g/mol. The van der Waals surface area contributed by atoms with Crippen molar-refractivity contribution in [3.05, 3.63) is 72.0 Å². The van der Waals surface area contributed by atoms with E-state index in [2.05, 4.69) is 75.8 Å². The Morgan fingerprint density at radius 3 is 0.542 bits per heavy atom. The van der Waals surface area contributed by atoms with Gasteiger partial charge in [0, 0.05) is 40.4 Å². The molecule has 1 N–H and O–H groups in total. The number of rotatable bonds is 0. The first-order valence-electron chi connectivity index (χ1n) is 8.17. The second-order valence-electron chi connectivity index (χ2n) is 6.43. The van der Waals surface area contributed by atoms with Gasteiger partial charge in [-0.05, 0) is 59.2 Å². The molecule has 134 valence electrons. The molecule has 0 bridgehead atoms. The predicted octanol–water partition coefficient (Wildman–Crippen LogP) is 6.63. The quantitative estimate of drug-likeness (QED) is 0.399. The molecular weight excluding hydrogens is 431 g/mol. The van der Waals surface area contributed by atoms with Gasteiger partial charge in [0.15, 0.2) is 0 Å². The van der Waals surface area contributed by atoms with Gasteiger partial charge in [-0.15, -0.1) is 0 Å². The Morgan fingerprint density at radius 2 is 0.500 bits per heavy atom. The van der Waals surface area contributed by atoms with Gasteiger partial charge in [-0.1, -0.05) is 75.8 Å². The van der Waals surface area contributed by atoms with Crippen LogP contribution in [0.25, 0.3) is 0 Å². The molecule has 2 saturated carbocycles. The minimum Gasteiger partial charge on any atom is -0.516 e. The van der Waals surface area contributed by atoms with Crippen molar-refractivity contribution in [1.82, 2.24) is 0 Å². The van der Waals surface area contributed by atoms with Crippen molar-refractivity contribution in [3.8, 4) is 0 Å². The van der Waals surface area contributed by atoms with E-state index in [1.54, 1.807) is 0 Å². The van der Waals surface area contributed by atoms with Crippen LogP contribution < -0.4 is 0 Å². The van der Waals surface area contributed by atoms with E-state index in [0.717, 1.165) is 6.26 Å². The van der Waals surface area contributed by atoms with Crippen LogP contribution in [-0.2, 0) is 0 Å². The van der Waals surface area contributed by atoms with Gasteiger partial charge in [0.1, 0.15) is 0 Å². The SMILES string of the molecule is C=CO.C[C]1[C](C)[C](C)[C](C)[C]1C.C[C]1[C](C)[C](C)[C](C)[C]1C.[Sm]. The van der Waals surface area contributed by atoms with Gasteiger partial charge in [0.2, 0.25) is 0 Å². The topological polar surface area (TPSA) is 20.2 Å². The fourth-order valence-electron chi connectivity index (χ4n) is 2.81. The van der Waals surface area contributed by atoms with Crippen LogP contribution in [0, 0.1) is 99.6 Å². The van der Waals surface area contributed by atoms with Crippen molar-refractivity contribution < 1.29 is 45.5 Å². The van der Waals surface area contributed by atoms with Crippen molar-refractivity contribution in [2.24, 2.45) is 0 Å². The molecule has 2 heteroatoms. The van der Waals surface area contributed by atoms with Crippen molar-refractivity contribution >= 4 is 0 Å². The molecule has 2 rings (SSSR count). The molecule has 0 unspecified atom stereocenters. The molecule has 0 aromatic heterocycles. The molecule has 0 saturated heterocycles. The first kappa shape index (κ1) is 27.1. The molecular formula is C22H34OSm. The summed E-state index contributed by atoms with van der Waals surface area (Å²) in [6.07, 6.45) is 0.750. The van der Waals surface area contributed by atoms with Gasteiger partial charge in [-0.3, -0.25) is 0 Å². The third kappa shape index (κ3) is 6.55. The molecule has 0 aromatic carbocycles. The predicted molar refractivity (Wildman–Crippen MR) is 102 cm³/mol. The van der Waals surface area contributed by atoms with E-state index in [1.807, 2.05) is 0 Å². The Kier molecular flexibility index (Phi) is 13.9. The molecule has 0 aromatic rings. The van der Waals surface area contributed by atoms with Gasteiger partial charge >= 0.3 is 0 Å². The van der Waals surface area contributed by atoms with Crippen molar-refractivity contribution in [2.45, 2.75) is 69.2 Å². The fraction of sp³-hybridized carbons (Fsp3) is 0.455. The Bertz CT molecular complexity index is 223. The maximum atomic E-state index is 7.33. The van der Waals surface area contributed by atoms with Gasteiger partial charge in [-0.25, -0.2) is 0 Å². The Morgan fingerprint density at radius 1 is 0.458 bits per heavy atom. The van der Waals surface area contributed by atoms with Crippen LogP contribution in [0.3, 0.4) is 0 Å². The Hall–Kier alpha value is 0.878. The largest absolute Gasteiger partial charge is 0.516 e. The van der Waals surface area contributed by atoms with Crippen LogP contribution in [-0.4, -0.2) is 5.11 Å². The zero-order valence-electron chi connectivity index (χ0n) is 17.1. The minimum atomic E-state index is 0. The fourth-order valence-corrected chi connectivity index (χ4v) is 2.81. The van der Waals surface area contributed by atoms with Gasteiger partial charge in [0.25, 0.3) is 0 Å². The third-order valence-electron chi connectivity index (χ3n) is 5.62. The average molecular weight is 465 g/mol. The van der Waals surface area contributed by atoms with E-state index in [4.69, 9.17) is 5.11 Å². The molecule has 0 atom stereocenters. The van der Waals surface area contributed by atoms with Crippen molar-refractivity contribution in [3.63, 3.8) is 0 Å². The Labute approximate surface area is 185 Å². The van der Waals surface area contributed by atoms with E-state index in [-0.39, 0.29) is 40.4 Å². The van der Waals surface area contributed by atoms with Gasteiger partial charge < -0.3 is 5.11 Å². The van der Waals surface area contributed by atoms with E-state index in [9.17, 15) is 0 Å². The van der Waals surface area contributed by atoms with E-state index >= 15 is 0 Å². The first-order valence-corrected chi connectivity index (χ1v) is 8.17. The average Bonchev–Trinajstić information content (AvgIpc) is 2.80. The van der Waals surface area contributed by atoms with Crippen molar-refractivity contribution in [2.75, 3.05) is 0 Å². The maximum absolute atomic E-state index is 7.33. The van der Waals surface area contributed by atoms with E-state index < -0.39 is 0 Å². The number of hydrogen-bond donors (Lipinski definition) is 1. The van der Waals surface area contributed by atoms with E-state index in [1.165, 1.54) is 59.2 Å². The van der Waals surface area contributed by atoms with Crippen LogP contribution in [0.1, 0.15) is 69.2 Å². The summed E-state index contributed by atoms with van der Waals surface area (Å²) in [6, 6.07) is 0. The normalized spacial score (nSPS) is 24.2. The van der Waals surface area contributed by atoms with Crippen LogP contribution in [0.15, 0.2) is 12.8 Å². The summed E-state index contributed by atoms with van der Waals surface area (Å²) in [7, 11) is 0. The molecule has 0 spiro atoms. The first-order chi connectivity index (χ1) is 10.5. The zero-order valence-corrected chi connectivity index (χ0v) is 19.8. The Balaban J connectivity index is 0. The van der Waals surface area contributed by atoms with Crippen LogP contribution in [0.4, 0.5) is 0 Å². The van der Waals surface area contributed by atoms with Gasteiger partial charge in [-0.2, -0.15) is 0 Å². The molecule has 24 heavy (non-hydrogen) atoms. The summed E-state index contributed by atoms with van der Waals surface area (Å²) in [5, 5.41) is 7.33. The standard InChI is InChI=1S/2C10H15.C2H4O.Sm/c2*1-6-7(2)9(4)10(5)8(6)3;1-2-3;/h2*1-5H3;2-3H,1H2;. The third-order valence-corrected chi connectivity index (χ3v) is 5.62. The van der Waals surface area contributed by atoms with Gasteiger partial charge in [0.05, 0.1) is 6.26 Å². The minimum absolute atomic E-state index is 0. The summed E-state index contributed by atoms with van der Waals surface area (Å²) in [5.41, 5.74) is 0. The summed E-state index contributed by atoms with van der Waals surface area (Å²) in [4.78, 5) is 0. The molecule has 2 aliphatic carbocycles. The second-order valence-corrected chi connectivity index (χ2v) is 6.43. The molecule has 2 aliphatic rings. The molecule has 0 aliphatic heterocycles.